The summed E-state index contributed by atoms with van der Waals surface area (Å²) in [6, 6.07) is 0. The zero-order valence-electron chi connectivity index (χ0n) is 12.3. The van der Waals surface area contributed by atoms with Gasteiger partial charge in [-0.25, -0.2) is 4.68 Å². The molecule has 1 aromatic heterocycles. The van der Waals surface area contributed by atoms with E-state index in [4.69, 9.17) is 0 Å². The van der Waals surface area contributed by atoms with Gasteiger partial charge < -0.3 is 5.11 Å². The Balaban J connectivity index is 3.05. The second kappa shape index (κ2) is 6.63. The van der Waals surface area contributed by atoms with Crippen molar-refractivity contribution in [1.82, 2.24) is 20.2 Å². The van der Waals surface area contributed by atoms with Crippen LogP contribution in [0, 0.1) is 5.41 Å². The predicted molar refractivity (Wildman–Crippen MR) is 71.8 cm³/mol. The highest BCUT2D eigenvalue weighted by atomic mass is 16.4. The molecule has 0 radical (unpaired) electrons. The first kappa shape index (κ1) is 15.6. The molecule has 0 aromatic carbocycles. The van der Waals surface area contributed by atoms with Crippen LogP contribution in [0.2, 0.25) is 0 Å². The minimum atomic E-state index is -0.782. The number of aromatic nitrogens is 4. The summed E-state index contributed by atoms with van der Waals surface area (Å²) in [5, 5.41) is 21.3. The molecule has 1 N–H and O–H groups in total. The van der Waals surface area contributed by atoms with Gasteiger partial charge in [-0.3, -0.25) is 4.79 Å². The zero-order valence-corrected chi connectivity index (χ0v) is 12.3. The topological polar surface area (TPSA) is 80.9 Å². The number of hydrogen-bond acceptors (Lipinski definition) is 4. The Morgan fingerprint density at radius 1 is 1.26 bits per heavy atom. The average molecular weight is 268 g/mol. The molecular weight excluding hydrogens is 244 g/mol. The molecule has 6 nitrogen and oxygen atoms in total. The zero-order chi connectivity index (χ0) is 14.5. The quantitative estimate of drug-likeness (QED) is 0.783. The third-order valence-corrected chi connectivity index (χ3v) is 4.17. The van der Waals surface area contributed by atoms with Gasteiger partial charge in [-0.2, -0.15) is 0 Å². The van der Waals surface area contributed by atoms with Crippen LogP contribution < -0.4 is 0 Å². The monoisotopic (exact) mass is 268 g/mol. The smallest absolute Gasteiger partial charge is 0.311 e. The molecule has 108 valence electrons. The van der Waals surface area contributed by atoms with Gasteiger partial charge in [-0.05, 0) is 36.1 Å². The number of carboxylic acid groups (broad SMARTS) is 1. The van der Waals surface area contributed by atoms with Crippen molar-refractivity contribution < 1.29 is 9.90 Å². The van der Waals surface area contributed by atoms with Gasteiger partial charge in [-0.15, -0.1) is 5.10 Å². The highest BCUT2D eigenvalue weighted by Gasteiger charge is 2.37. The lowest BCUT2D eigenvalue weighted by Crippen LogP contribution is -2.35. The van der Waals surface area contributed by atoms with Gasteiger partial charge in [0.15, 0.2) is 5.82 Å². The van der Waals surface area contributed by atoms with E-state index in [1.54, 1.807) is 4.68 Å². The SMILES string of the molecule is CCC(CC)c1nnnn1CC(CC)(CC)C(=O)O. The number of tetrazole rings is 1. The van der Waals surface area contributed by atoms with Gasteiger partial charge in [0, 0.05) is 5.92 Å². The fourth-order valence-electron chi connectivity index (χ4n) is 2.40. The number of carboxylic acids is 1. The first-order chi connectivity index (χ1) is 9.04. The summed E-state index contributed by atoms with van der Waals surface area (Å²) in [4.78, 5) is 11.5. The molecule has 1 aromatic rings. The van der Waals surface area contributed by atoms with Crippen molar-refractivity contribution in [2.75, 3.05) is 0 Å². The predicted octanol–water partition coefficient (Wildman–Crippen LogP) is 2.47. The van der Waals surface area contributed by atoms with Gasteiger partial charge in [0.2, 0.25) is 0 Å². The van der Waals surface area contributed by atoms with E-state index in [2.05, 4.69) is 29.4 Å². The lowest BCUT2D eigenvalue weighted by atomic mass is 9.82. The maximum absolute atomic E-state index is 11.5. The Morgan fingerprint density at radius 2 is 1.84 bits per heavy atom. The number of carbonyl (C=O) groups is 1. The Kier molecular flexibility index (Phi) is 5.44. The van der Waals surface area contributed by atoms with Crippen molar-refractivity contribution in [3.05, 3.63) is 5.82 Å². The van der Waals surface area contributed by atoms with Gasteiger partial charge in [0.05, 0.1) is 12.0 Å². The molecule has 0 aliphatic heterocycles. The van der Waals surface area contributed by atoms with E-state index in [9.17, 15) is 9.90 Å². The summed E-state index contributed by atoms with van der Waals surface area (Å²) < 4.78 is 1.68. The highest BCUT2D eigenvalue weighted by molar-refractivity contribution is 5.74. The largest absolute Gasteiger partial charge is 0.481 e. The van der Waals surface area contributed by atoms with Gasteiger partial charge in [0.1, 0.15) is 0 Å². The van der Waals surface area contributed by atoms with Crippen molar-refractivity contribution in [2.45, 2.75) is 65.8 Å². The Morgan fingerprint density at radius 3 is 2.26 bits per heavy atom. The molecule has 19 heavy (non-hydrogen) atoms. The number of nitrogens with zero attached hydrogens (tertiary/aromatic N) is 4. The lowest BCUT2D eigenvalue weighted by Gasteiger charge is -2.27. The van der Waals surface area contributed by atoms with Crippen LogP contribution in [0.25, 0.3) is 0 Å². The second-order valence-corrected chi connectivity index (χ2v) is 5.00. The standard InChI is InChI=1S/C13H24N4O2/c1-5-10(6-2)11-14-15-16-17(11)9-13(7-3,8-4)12(18)19/h10H,5-9H2,1-4H3,(H,18,19). The summed E-state index contributed by atoms with van der Waals surface area (Å²) >= 11 is 0. The number of aliphatic carboxylic acids is 1. The van der Waals surface area contributed by atoms with Gasteiger partial charge >= 0.3 is 5.97 Å². The van der Waals surface area contributed by atoms with Crippen LogP contribution >= 0.6 is 0 Å². The minimum absolute atomic E-state index is 0.287. The summed E-state index contributed by atoms with van der Waals surface area (Å²) in [5.41, 5.74) is -0.782. The molecule has 0 fully saturated rings. The number of rotatable bonds is 8. The van der Waals surface area contributed by atoms with Crippen LogP contribution in [-0.4, -0.2) is 31.3 Å². The number of hydrogen-bond donors (Lipinski definition) is 1. The molecular formula is C13H24N4O2. The third-order valence-electron chi connectivity index (χ3n) is 4.17. The first-order valence-electron chi connectivity index (χ1n) is 7.04. The van der Waals surface area contributed by atoms with Crippen molar-refractivity contribution in [1.29, 1.82) is 0 Å². The molecule has 6 heteroatoms. The lowest BCUT2D eigenvalue weighted by molar-refractivity contribution is -0.150. The van der Waals surface area contributed by atoms with E-state index in [-0.39, 0.29) is 5.92 Å². The average Bonchev–Trinajstić information content (AvgIpc) is 2.85. The van der Waals surface area contributed by atoms with Crippen molar-refractivity contribution in [2.24, 2.45) is 5.41 Å². The Bertz CT molecular complexity index is 409. The minimum Gasteiger partial charge on any atom is -0.481 e. The van der Waals surface area contributed by atoms with E-state index in [0.29, 0.717) is 19.4 Å². The normalized spacial score (nSPS) is 12.1. The van der Waals surface area contributed by atoms with Crippen molar-refractivity contribution >= 4 is 5.97 Å². The Hall–Kier alpha value is -1.46. The molecule has 0 bridgehead atoms. The maximum atomic E-state index is 11.5. The van der Waals surface area contributed by atoms with E-state index in [1.165, 1.54) is 0 Å². The van der Waals surface area contributed by atoms with Crippen molar-refractivity contribution in [3.8, 4) is 0 Å². The Labute approximate surface area is 114 Å². The molecule has 0 aliphatic rings. The van der Waals surface area contributed by atoms with Gasteiger partial charge in [-0.1, -0.05) is 27.7 Å². The molecule has 0 saturated carbocycles. The highest BCUT2D eigenvalue weighted by Crippen LogP contribution is 2.30. The van der Waals surface area contributed by atoms with Crippen LogP contribution in [-0.2, 0) is 11.3 Å². The summed E-state index contributed by atoms with van der Waals surface area (Å²) in [6.07, 6.45) is 3.05. The maximum Gasteiger partial charge on any atom is 0.311 e. The molecule has 1 heterocycles. The van der Waals surface area contributed by atoms with E-state index in [1.807, 2.05) is 13.8 Å². The van der Waals surface area contributed by atoms with E-state index < -0.39 is 11.4 Å². The van der Waals surface area contributed by atoms with Crippen LogP contribution in [0.15, 0.2) is 0 Å². The fourth-order valence-corrected chi connectivity index (χ4v) is 2.40. The molecule has 1 rings (SSSR count). The molecule has 0 saturated heterocycles. The molecule has 0 spiro atoms. The van der Waals surface area contributed by atoms with Crippen LogP contribution in [0.4, 0.5) is 0 Å². The van der Waals surface area contributed by atoms with Crippen molar-refractivity contribution in [3.63, 3.8) is 0 Å². The second-order valence-electron chi connectivity index (χ2n) is 5.00. The molecule has 0 unspecified atom stereocenters. The van der Waals surface area contributed by atoms with Crippen LogP contribution in [0.3, 0.4) is 0 Å². The third kappa shape index (κ3) is 3.11. The summed E-state index contributed by atoms with van der Waals surface area (Å²) in [7, 11) is 0. The van der Waals surface area contributed by atoms with E-state index in [0.717, 1.165) is 18.7 Å². The first-order valence-corrected chi connectivity index (χ1v) is 7.04. The summed E-state index contributed by atoms with van der Waals surface area (Å²) in [5.74, 6) is 0.316. The summed E-state index contributed by atoms with van der Waals surface area (Å²) in [6.45, 7) is 8.33. The molecule has 0 atom stereocenters. The van der Waals surface area contributed by atoms with Gasteiger partial charge in [0.25, 0.3) is 0 Å². The van der Waals surface area contributed by atoms with Crippen LogP contribution in [0.1, 0.15) is 65.1 Å². The van der Waals surface area contributed by atoms with Crippen LogP contribution in [0.5, 0.6) is 0 Å². The fraction of sp³-hybridized carbons (Fsp3) is 0.846. The molecule has 0 amide bonds. The molecule has 0 aliphatic carbocycles. The van der Waals surface area contributed by atoms with E-state index >= 15 is 0 Å².